The first kappa shape index (κ1) is 18.8. The lowest BCUT2D eigenvalue weighted by atomic mass is 10.2. The van der Waals surface area contributed by atoms with Crippen molar-refractivity contribution >= 4 is 55.6 Å². The molecule has 8 heteroatoms. The van der Waals surface area contributed by atoms with E-state index in [1.54, 1.807) is 31.4 Å². The van der Waals surface area contributed by atoms with Crippen LogP contribution in [0.1, 0.15) is 5.56 Å². The second-order valence-corrected chi connectivity index (χ2v) is 6.75. The lowest BCUT2D eigenvalue weighted by Gasteiger charge is -2.07. The van der Waals surface area contributed by atoms with Crippen LogP contribution in [0.15, 0.2) is 50.4 Å². The Kier molecular flexibility index (Phi) is 7.08. The van der Waals surface area contributed by atoms with Crippen LogP contribution in [0, 0.1) is 0 Å². The zero-order chi connectivity index (χ0) is 17.5. The molecule has 0 aromatic heterocycles. The van der Waals surface area contributed by atoms with E-state index in [1.165, 1.54) is 6.21 Å². The van der Waals surface area contributed by atoms with Gasteiger partial charge in [-0.3, -0.25) is 4.79 Å². The van der Waals surface area contributed by atoms with Crippen molar-refractivity contribution in [1.29, 1.82) is 0 Å². The van der Waals surface area contributed by atoms with Gasteiger partial charge in [-0.25, -0.2) is 5.43 Å². The van der Waals surface area contributed by atoms with Crippen LogP contribution in [0.3, 0.4) is 0 Å². The number of hydrogen-bond acceptors (Lipinski definition) is 4. The summed E-state index contributed by atoms with van der Waals surface area (Å²) in [6.45, 7) is -0.173. The van der Waals surface area contributed by atoms with E-state index < -0.39 is 0 Å². The second kappa shape index (κ2) is 9.05. The summed E-state index contributed by atoms with van der Waals surface area (Å²) in [5.41, 5.74) is 3.13. The second-order valence-electron chi connectivity index (χ2n) is 4.54. The number of halogens is 3. The normalized spacial score (nSPS) is 10.7. The molecule has 0 saturated heterocycles. The monoisotopic (exact) mass is 474 g/mol. The van der Waals surface area contributed by atoms with Crippen LogP contribution in [0.5, 0.6) is 11.5 Å². The van der Waals surface area contributed by atoms with Gasteiger partial charge in [0.2, 0.25) is 0 Å². The summed E-state index contributed by atoms with van der Waals surface area (Å²) in [5.74, 6) is 0.784. The molecule has 0 aliphatic heterocycles. The minimum absolute atomic E-state index is 0.173. The molecule has 0 aliphatic rings. The predicted octanol–water partition coefficient (Wildman–Crippen LogP) is 4.40. The fourth-order valence-electron chi connectivity index (χ4n) is 1.75. The molecular weight excluding hydrogens is 463 g/mol. The summed E-state index contributed by atoms with van der Waals surface area (Å²) < 4.78 is 12.2. The van der Waals surface area contributed by atoms with E-state index in [1.807, 2.05) is 12.1 Å². The van der Waals surface area contributed by atoms with E-state index in [-0.39, 0.29) is 12.5 Å². The molecule has 1 amide bonds. The summed E-state index contributed by atoms with van der Waals surface area (Å²) in [5, 5.41) is 4.48. The molecule has 0 fully saturated rings. The van der Waals surface area contributed by atoms with Gasteiger partial charge in [0.1, 0.15) is 11.5 Å². The SMILES string of the molecule is COc1ccc(Br)cc1/C=N\NC(=O)COc1ccc(Cl)cc1Br. The van der Waals surface area contributed by atoms with Crippen LogP contribution in [-0.4, -0.2) is 25.8 Å². The van der Waals surface area contributed by atoms with Crippen molar-refractivity contribution in [2.75, 3.05) is 13.7 Å². The molecular formula is C16H13Br2ClN2O3. The van der Waals surface area contributed by atoms with Gasteiger partial charge >= 0.3 is 0 Å². The maximum absolute atomic E-state index is 11.8. The fraction of sp³-hybridized carbons (Fsp3) is 0.125. The number of benzene rings is 2. The molecule has 2 rings (SSSR count). The number of carbonyl (C=O) groups excluding carboxylic acids is 1. The molecule has 2 aromatic rings. The van der Waals surface area contributed by atoms with Gasteiger partial charge in [-0.2, -0.15) is 5.10 Å². The van der Waals surface area contributed by atoms with E-state index in [4.69, 9.17) is 21.1 Å². The Morgan fingerprint density at radius 3 is 2.71 bits per heavy atom. The molecule has 126 valence electrons. The third-order valence-electron chi connectivity index (χ3n) is 2.84. The van der Waals surface area contributed by atoms with E-state index in [0.29, 0.717) is 21.0 Å². The first-order valence-corrected chi connectivity index (χ1v) is 8.69. The van der Waals surface area contributed by atoms with Crippen molar-refractivity contribution in [2.45, 2.75) is 0 Å². The van der Waals surface area contributed by atoms with Crippen LogP contribution < -0.4 is 14.9 Å². The number of ether oxygens (including phenoxy) is 2. The van der Waals surface area contributed by atoms with Gasteiger partial charge in [-0.15, -0.1) is 0 Å². The number of methoxy groups -OCH3 is 1. The molecule has 0 spiro atoms. The predicted molar refractivity (Wildman–Crippen MR) is 101 cm³/mol. The van der Waals surface area contributed by atoms with Crippen LogP contribution >= 0.6 is 43.5 Å². The zero-order valence-electron chi connectivity index (χ0n) is 12.6. The number of rotatable bonds is 6. The van der Waals surface area contributed by atoms with Crippen molar-refractivity contribution in [1.82, 2.24) is 5.43 Å². The molecule has 5 nitrogen and oxygen atoms in total. The molecule has 0 unspecified atom stereocenters. The Balaban J connectivity index is 1.90. The summed E-state index contributed by atoms with van der Waals surface area (Å²) in [7, 11) is 1.57. The number of carbonyl (C=O) groups is 1. The van der Waals surface area contributed by atoms with Crippen molar-refractivity contribution in [3.05, 3.63) is 55.9 Å². The standard InChI is InChI=1S/C16H13Br2ClN2O3/c1-23-14-4-2-11(17)6-10(14)8-20-21-16(22)9-24-15-5-3-12(19)7-13(15)18/h2-8H,9H2,1H3,(H,21,22)/b20-8-. The average molecular weight is 477 g/mol. The third kappa shape index (κ3) is 5.51. The topological polar surface area (TPSA) is 59.9 Å². The van der Waals surface area contributed by atoms with Crippen molar-refractivity contribution in [3.8, 4) is 11.5 Å². The molecule has 2 aromatic carbocycles. The van der Waals surface area contributed by atoms with Crippen LogP contribution in [0.4, 0.5) is 0 Å². The average Bonchev–Trinajstić information content (AvgIpc) is 2.54. The lowest BCUT2D eigenvalue weighted by molar-refractivity contribution is -0.123. The number of nitrogens with zero attached hydrogens (tertiary/aromatic N) is 1. The quantitative estimate of drug-likeness (QED) is 0.497. The first-order valence-electron chi connectivity index (χ1n) is 6.73. The van der Waals surface area contributed by atoms with Crippen LogP contribution in [-0.2, 0) is 4.79 Å². The van der Waals surface area contributed by atoms with Crippen LogP contribution in [0.25, 0.3) is 0 Å². The van der Waals surface area contributed by atoms with Gasteiger partial charge < -0.3 is 9.47 Å². The third-order valence-corrected chi connectivity index (χ3v) is 4.19. The summed E-state index contributed by atoms with van der Waals surface area (Å²) in [6.07, 6.45) is 1.50. The molecule has 0 aliphatic carbocycles. The van der Waals surface area contributed by atoms with Gasteiger partial charge in [-0.1, -0.05) is 27.5 Å². The molecule has 0 bridgehead atoms. The Bertz CT molecular complexity index is 769. The highest BCUT2D eigenvalue weighted by Crippen LogP contribution is 2.27. The van der Waals surface area contributed by atoms with Crippen molar-refractivity contribution in [3.63, 3.8) is 0 Å². The van der Waals surface area contributed by atoms with Crippen LogP contribution in [0.2, 0.25) is 5.02 Å². The highest BCUT2D eigenvalue weighted by atomic mass is 79.9. The van der Waals surface area contributed by atoms with E-state index in [0.717, 1.165) is 10.0 Å². The number of hydrogen-bond donors (Lipinski definition) is 1. The lowest BCUT2D eigenvalue weighted by Crippen LogP contribution is -2.24. The first-order chi connectivity index (χ1) is 11.5. The summed E-state index contributed by atoms with van der Waals surface area (Å²) >= 11 is 12.5. The van der Waals surface area contributed by atoms with Gasteiger partial charge in [0, 0.05) is 15.1 Å². The number of amides is 1. The molecule has 0 heterocycles. The number of hydrazone groups is 1. The van der Waals surface area contributed by atoms with Crippen molar-refractivity contribution < 1.29 is 14.3 Å². The highest BCUT2D eigenvalue weighted by Gasteiger charge is 2.06. The van der Waals surface area contributed by atoms with Gasteiger partial charge in [0.25, 0.3) is 5.91 Å². The molecule has 1 N–H and O–H groups in total. The van der Waals surface area contributed by atoms with E-state index >= 15 is 0 Å². The Hall–Kier alpha value is -1.57. The molecule has 24 heavy (non-hydrogen) atoms. The summed E-state index contributed by atoms with van der Waals surface area (Å²) in [6, 6.07) is 10.5. The highest BCUT2D eigenvalue weighted by molar-refractivity contribution is 9.10. The summed E-state index contributed by atoms with van der Waals surface area (Å²) in [4.78, 5) is 11.8. The van der Waals surface area contributed by atoms with E-state index in [2.05, 4.69) is 42.4 Å². The minimum atomic E-state index is -0.387. The van der Waals surface area contributed by atoms with Gasteiger partial charge in [-0.05, 0) is 52.3 Å². The Morgan fingerprint density at radius 1 is 1.25 bits per heavy atom. The zero-order valence-corrected chi connectivity index (χ0v) is 16.5. The van der Waals surface area contributed by atoms with Gasteiger partial charge in [0.15, 0.2) is 6.61 Å². The number of nitrogens with one attached hydrogen (secondary N) is 1. The molecule has 0 saturated carbocycles. The molecule has 0 atom stereocenters. The fourth-order valence-corrected chi connectivity index (χ4v) is 2.92. The van der Waals surface area contributed by atoms with Crippen molar-refractivity contribution in [2.24, 2.45) is 5.10 Å². The van der Waals surface area contributed by atoms with E-state index in [9.17, 15) is 4.79 Å². The molecule has 0 radical (unpaired) electrons. The Labute approximate surface area is 161 Å². The Morgan fingerprint density at radius 2 is 2.00 bits per heavy atom. The maximum Gasteiger partial charge on any atom is 0.277 e. The smallest absolute Gasteiger partial charge is 0.277 e. The minimum Gasteiger partial charge on any atom is -0.496 e. The van der Waals surface area contributed by atoms with Gasteiger partial charge in [0.05, 0.1) is 17.8 Å². The largest absolute Gasteiger partial charge is 0.496 e. The maximum atomic E-state index is 11.8.